The average molecular weight is 510 g/mol. The SMILES string of the molecule is CC(C)[Si](OCCNCc1nnc2ccc(O[C@@H]3CC[C@H](N)c4ccccc43)cn12)(C(C)C)C(C)C. The second kappa shape index (κ2) is 11.4. The fraction of sp³-hybridized carbons (Fsp3) is 0.571. The number of benzene rings is 1. The molecule has 2 atom stereocenters. The Hall–Kier alpha value is -2.26. The number of ether oxygens (including phenoxy) is 1. The summed E-state index contributed by atoms with van der Waals surface area (Å²) in [5.41, 5.74) is 11.3. The van der Waals surface area contributed by atoms with Crippen molar-refractivity contribution in [2.45, 2.75) is 89.7 Å². The molecule has 4 rings (SSSR count). The van der Waals surface area contributed by atoms with Crippen molar-refractivity contribution in [3.8, 4) is 5.75 Å². The minimum atomic E-state index is -1.84. The molecular weight excluding hydrogens is 466 g/mol. The lowest BCUT2D eigenvalue weighted by atomic mass is 9.86. The predicted molar refractivity (Wildman–Crippen MR) is 148 cm³/mol. The lowest BCUT2D eigenvalue weighted by Gasteiger charge is -2.42. The highest BCUT2D eigenvalue weighted by molar-refractivity contribution is 6.77. The lowest BCUT2D eigenvalue weighted by Crippen LogP contribution is -2.48. The van der Waals surface area contributed by atoms with Gasteiger partial charge >= 0.3 is 0 Å². The van der Waals surface area contributed by atoms with Gasteiger partial charge in [0.25, 0.3) is 0 Å². The van der Waals surface area contributed by atoms with Crippen LogP contribution < -0.4 is 15.8 Å². The van der Waals surface area contributed by atoms with E-state index >= 15 is 0 Å². The second-order valence-electron chi connectivity index (χ2n) is 11.0. The van der Waals surface area contributed by atoms with Crippen LogP contribution >= 0.6 is 0 Å². The first-order chi connectivity index (χ1) is 17.2. The molecule has 3 N–H and O–H groups in total. The molecule has 0 aliphatic heterocycles. The van der Waals surface area contributed by atoms with Gasteiger partial charge in [0.2, 0.25) is 0 Å². The van der Waals surface area contributed by atoms with Crippen molar-refractivity contribution < 1.29 is 9.16 Å². The highest BCUT2D eigenvalue weighted by Crippen LogP contribution is 2.42. The van der Waals surface area contributed by atoms with Crippen LogP contribution in [-0.4, -0.2) is 36.1 Å². The standard InChI is InChI=1S/C28H43N5O2Si/c1-19(2)36(20(3)4,21(5)6)34-16-15-30-17-28-32-31-27-14-11-22(18-33(27)28)35-26-13-12-25(29)23-9-7-8-10-24(23)26/h7-11,14,18-21,25-26,30H,12-13,15-17,29H2,1-6H3/t25-,26+/m0/s1. The van der Waals surface area contributed by atoms with Crippen LogP contribution in [0.4, 0.5) is 0 Å². The number of rotatable bonds is 11. The van der Waals surface area contributed by atoms with Crippen LogP contribution in [-0.2, 0) is 11.0 Å². The highest BCUT2D eigenvalue weighted by Gasteiger charge is 2.44. The maximum atomic E-state index is 6.67. The Morgan fingerprint density at radius 3 is 2.36 bits per heavy atom. The molecule has 0 unspecified atom stereocenters. The summed E-state index contributed by atoms with van der Waals surface area (Å²) in [5.74, 6) is 1.67. The Labute approximate surface area is 216 Å². The Morgan fingerprint density at radius 1 is 0.972 bits per heavy atom. The van der Waals surface area contributed by atoms with E-state index in [9.17, 15) is 0 Å². The van der Waals surface area contributed by atoms with Gasteiger partial charge in [-0.2, -0.15) is 0 Å². The number of aromatic nitrogens is 3. The van der Waals surface area contributed by atoms with Gasteiger partial charge < -0.3 is 20.2 Å². The first kappa shape index (κ1) is 26.8. The Morgan fingerprint density at radius 2 is 1.67 bits per heavy atom. The van der Waals surface area contributed by atoms with Gasteiger partial charge in [-0.15, -0.1) is 10.2 Å². The Balaban J connectivity index is 1.39. The number of fused-ring (bicyclic) bond motifs is 2. The van der Waals surface area contributed by atoms with E-state index in [0.29, 0.717) is 23.2 Å². The Bertz CT molecular complexity index is 1120. The average Bonchev–Trinajstić information content (AvgIpc) is 3.25. The second-order valence-corrected chi connectivity index (χ2v) is 16.4. The quantitative estimate of drug-likeness (QED) is 0.246. The van der Waals surface area contributed by atoms with Crippen molar-refractivity contribution in [1.29, 1.82) is 0 Å². The first-order valence-electron chi connectivity index (χ1n) is 13.4. The van der Waals surface area contributed by atoms with Gasteiger partial charge in [0.1, 0.15) is 11.9 Å². The normalized spacial score (nSPS) is 18.4. The van der Waals surface area contributed by atoms with Crippen LogP contribution in [0, 0.1) is 0 Å². The summed E-state index contributed by atoms with van der Waals surface area (Å²) in [7, 11) is -1.84. The van der Waals surface area contributed by atoms with Crippen molar-refractivity contribution >= 4 is 14.0 Å². The maximum absolute atomic E-state index is 6.67. The van der Waals surface area contributed by atoms with Crippen LogP contribution in [0.5, 0.6) is 5.75 Å². The molecule has 196 valence electrons. The van der Waals surface area contributed by atoms with Crippen molar-refractivity contribution in [1.82, 2.24) is 19.9 Å². The summed E-state index contributed by atoms with van der Waals surface area (Å²) >= 11 is 0. The molecule has 0 bridgehead atoms. The third kappa shape index (κ3) is 5.37. The zero-order valence-corrected chi connectivity index (χ0v) is 23.7. The van der Waals surface area contributed by atoms with Gasteiger partial charge in [-0.25, -0.2) is 0 Å². The number of nitrogens with one attached hydrogen (secondary N) is 1. The molecule has 0 saturated heterocycles. The van der Waals surface area contributed by atoms with E-state index in [1.54, 1.807) is 0 Å². The number of hydrogen-bond donors (Lipinski definition) is 2. The predicted octanol–water partition coefficient (Wildman–Crippen LogP) is 5.92. The minimum absolute atomic E-state index is 0.000888. The van der Waals surface area contributed by atoms with Crippen LogP contribution in [0.25, 0.3) is 5.65 Å². The van der Waals surface area contributed by atoms with Gasteiger partial charge in [-0.3, -0.25) is 4.40 Å². The molecule has 2 aromatic heterocycles. The van der Waals surface area contributed by atoms with Gasteiger partial charge in [-0.1, -0.05) is 65.8 Å². The van der Waals surface area contributed by atoms with E-state index in [1.807, 2.05) is 28.8 Å². The molecule has 2 heterocycles. The molecule has 7 nitrogen and oxygen atoms in total. The molecule has 0 amide bonds. The van der Waals surface area contributed by atoms with E-state index in [4.69, 9.17) is 14.9 Å². The van der Waals surface area contributed by atoms with Gasteiger partial charge in [0.15, 0.2) is 19.8 Å². The van der Waals surface area contributed by atoms with E-state index in [2.05, 4.69) is 75.3 Å². The molecule has 0 saturated carbocycles. The molecule has 1 aromatic carbocycles. The molecule has 0 spiro atoms. The molecule has 1 aliphatic rings. The first-order valence-corrected chi connectivity index (χ1v) is 15.6. The monoisotopic (exact) mass is 509 g/mol. The lowest BCUT2D eigenvalue weighted by molar-refractivity contribution is 0.176. The van der Waals surface area contributed by atoms with Crippen LogP contribution in [0.3, 0.4) is 0 Å². The zero-order chi connectivity index (χ0) is 25.9. The zero-order valence-electron chi connectivity index (χ0n) is 22.7. The van der Waals surface area contributed by atoms with Crippen molar-refractivity contribution in [3.05, 3.63) is 59.5 Å². The smallest absolute Gasteiger partial charge is 0.200 e. The van der Waals surface area contributed by atoms with Crippen molar-refractivity contribution in [2.24, 2.45) is 5.73 Å². The molecule has 3 aromatic rings. The maximum Gasteiger partial charge on any atom is 0.200 e. The van der Waals surface area contributed by atoms with Crippen molar-refractivity contribution in [2.75, 3.05) is 13.2 Å². The molecule has 0 radical (unpaired) electrons. The third-order valence-corrected chi connectivity index (χ3v) is 13.9. The highest BCUT2D eigenvalue weighted by atomic mass is 28.4. The van der Waals surface area contributed by atoms with Gasteiger partial charge in [0.05, 0.1) is 12.7 Å². The summed E-state index contributed by atoms with van der Waals surface area (Å²) in [5, 5.41) is 12.3. The van der Waals surface area contributed by atoms with Crippen LogP contribution in [0.1, 0.15) is 83.5 Å². The molecular formula is C28H43N5O2Si. The van der Waals surface area contributed by atoms with Gasteiger partial charge in [-0.05, 0) is 52.7 Å². The summed E-state index contributed by atoms with van der Waals surface area (Å²) < 4.78 is 15.1. The summed E-state index contributed by atoms with van der Waals surface area (Å²) in [6, 6.07) is 12.4. The topological polar surface area (TPSA) is 86.7 Å². The molecule has 36 heavy (non-hydrogen) atoms. The molecule has 8 heteroatoms. The molecule has 0 fully saturated rings. The summed E-state index contributed by atoms with van der Waals surface area (Å²) in [6.45, 7) is 16.0. The number of hydrogen-bond acceptors (Lipinski definition) is 6. The van der Waals surface area contributed by atoms with E-state index < -0.39 is 8.32 Å². The number of pyridine rings is 1. The number of nitrogens with zero attached hydrogens (tertiary/aromatic N) is 3. The van der Waals surface area contributed by atoms with Crippen LogP contribution in [0.2, 0.25) is 16.6 Å². The van der Waals surface area contributed by atoms with Crippen LogP contribution in [0.15, 0.2) is 42.6 Å². The number of nitrogens with two attached hydrogens (primary N) is 1. The van der Waals surface area contributed by atoms with E-state index in [-0.39, 0.29) is 12.1 Å². The Kier molecular flexibility index (Phi) is 8.50. The summed E-state index contributed by atoms with van der Waals surface area (Å²) in [4.78, 5) is 0. The van der Waals surface area contributed by atoms with E-state index in [0.717, 1.165) is 43.2 Å². The van der Waals surface area contributed by atoms with Gasteiger partial charge in [0, 0.05) is 19.2 Å². The van der Waals surface area contributed by atoms with Crippen molar-refractivity contribution in [3.63, 3.8) is 0 Å². The minimum Gasteiger partial charge on any atom is -0.484 e. The molecule has 1 aliphatic carbocycles. The largest absolute Gasteiger partial charge is 0.484 e. The summed E-state index contributed by atoms with van der Waals surface area (Å²) in [6.07, 6.45) is 3.82. The third-order valence-electron chi connectivity index (χ3n) is 7.83. The fourth-order valence-electron chi connectivity index (χ4n) is 6.18. The fourth-order valence-corrected chi connectivity index (χ4v) is 11.6. The van der Waals surface area contributed by atoms with E-state index in [1.165, 1.54) is 11.1 Å².